The van der Waals surface area contributed by atoms with E-state index in [4.69, 9.17) is 5.11 Å². The van der Waals surface area contributed by atoms with E-state index in [2.05, 4.69) is 32.7 Å². The first-order valence-corrected chi connectivity index (χ1v) is 11.6. The van der Waals surface area contributed by atoms with Crippen molar-refractivity contribution < 1.29 is 5.11 Å². The molecular formula is C7H20OSi2. The highest BCUT2D eigenvalue weighted by Crippen LogP contribution is 2.21. The Morgan fingerprint density at radius 2 is 1.40 bits per heavy atom. The van der Waals surface area contributed by atoms with Gasteiger partial charge in [0.05, 0.1) is 0 Å². The molecule has 0 aromatic heterocycles. The summed E-state index contributed by atoms with van der Waals surface area (Å²) in [6.07, 6.45) is 0. The van der Waals surface area contributed by atoms with Gasteiger partial charge in [-0.05, 0) is 6.04 Å². The topological polar surface area (TPSA) is 20.2 Å². The summed E-state index contributed by atoms with van der Waals surface area (Å²) in [4.78, 5) is 0. The Kier molecular flexibility index (Phi) is 3.32. The Balaban J connectivity index is 4.10. The standard InChI is InChI=1S/C7H20OSi2/c1-9(2,3)10(4,5)7-6-8/h8H,6-7H2,1-5H3. The molecule has 0 aromatic rings. The van der Waals surface area contributed by atoms with Gasteiger partial charge in [-0.15, -0.1) is 0 Å². The summed E-state index contributed by atoms with van der Waals surface area (Å²) in [5, 5.41) is 8.82. The van der Waals surface area contributed by atoms with Crippen LogP contribution >= 0.6 is 0 Å². The molecule has 0 amide bonds. The molecule has 0 bridgehead atoms. The van der Waals surface area contributed by atoms with Gasteiger partial charge in [0, 0.05) is 21.8 Å². The average Bonchev–Trinajstić information content (AvgIpc) is 1.61. The summed E-state index contributed by atoms with van der Waals surface area (Å²) in [6.45, 7) is 12.4. The highest BCUT2D eigenvalue weighted by Gasteiger charge is 2.35. The van der Waals surface area contributed by atoms with Crippen LogP contribution in [0.3, 0.4) is 0 Å². The Labute approximate surface area is 66.3 Å². The molecule has 1 N–H and O–H groups in total. The van der Waals surface area contributed by atoms with Crippen molar-refractivity contribution in [3.63, 3.8) is 0 Å². The molecule has 0 unspecified atom stereocenters. The van der Waals surface area contributed by atoms with E-state index in [1.54, 1.807) is 0 Å². The van der Waals surface area contributed by atoms with Crippen LogP contribution in [0.4, 0.5) is 0 Å². The molecule has 62 valence electrons. The zero-order valence-corrected chi connectivity index (χ0v) is 9.86. The molecule has 0 saturated carbocycles. The zero-order valence-electron chi connectivity index (χ0n) is 7.86. The summed E-state index contributed by atoms with van der Waals surface area (Å²) >= 11 is 0. The van der Waals surface area contributed by atoms with Crippen molar-refractivity contribution in [3.8, 4) is 0 Å². The second kappa shape index (κ2) is 3.19. The quantitative estimate of drug-likeness (QED) is 0.653. The van der Waals surface area contributed by atoms with Gasteiger partial charge in [-0.25, -0.2) is 0 Å². The Bertz CT molecular complexity index is 105. The second-order valence-corrected chi connectivity index (χ2v) is 21.9. The van der Waals surface area contributed by atoms with E-state index in [1.807, 2.05) is 0 Å². The molecule has 0 aliphatic carbocycles. The summed E-state index contributed by atoms with van der Waals surface area (Å²) in [6, 6.07) is 1.09. The first-order chi connectivity index (χ1) is 4.31. The lowest BCUT2D eigenvalue weighted by Gasteiger charge is -2.34. The monoisotopic (exact) mass is 176 g/mol. The molecule has 3 heteroatoms. The van der Waals surface area contributed by atoms with Gasteiger partial charge in [0.15, 0.2) is 0 Å². The van der Waals surface area contributed by atoms with Gasteiger partial charge in [-0.3, -0.25) is 0 Å². The second-order valence-electron chi connectivity index (χ2n) is 4.61. The third kappa shape index (κ3) is 2.56. The zero-order chi connectivity index (χ0) is 8.41. The van der Waals surface area contributed by atoms with Crippen LogP contribution in [-0.4, -0.2) is 26.9 Å². The van der Waals surface area contributed by atoms with Crippen molar-refractivity contribution in [2.45, 2.75) is 38.8 Å². The Morgan fingerprint density at radius 1 is 1.00 bits per heavy atom. The molecule has 0 fully saturated rings. The maximum atomic E-state index is 8.82. The largest absolute Gasteiger partial charge is 0.397 e. The first-order valence-electron chi connectivity index (χ1n) is 3.92. The predicted molar refractivity (Wildman–Crippen MR) is 52.7 cm³/mol. The molecule has 0 aromatic carbocycles. The summed E-state index contributed by atoms with van der Waals surface area (Å²) < 4.78 is 0. The average molecular weight is 176 g/mol. The Hall–Kier alpha value is 0.394. The van der Waals surface area contributed by atoms with Gasteiger partial charge in [-0.2, -0.15) is 0 Å². The van der Waals surface area contributed by atoms with Gasteiger partial charge >= 0.3 is 0 Å². The van der Waals surface area contributed by atoms with E-state index >= 15 is 0 Å². The smallest absolute Gasteiger partial charge is 0.0433 e. The van der Waals surface area contributed by atoms with Crippen molar-refractivity contribution in [2.75, 3.05) is 6.61 Å². The van der Waals surface area contributed by atoms with Crippen LogP contribution in [0.15, 0.2) is 0 Å². The number of rotatable bonds is 3. The van der Waals surface area contributed by atoms with Crippen LogP contribution in [0.1, 0.15) is 0 Å². The predicted octanol–water partition coefficient (Wildman–Crippen LogP) is 2.10. The van der Waals surface area contributed by atoms with Crippen molar-refractivity contribution in [1.82, 2.24) is 0 Å². The highest BCUT2D eigenvalue weighted by molar-refractivity contribution is 7.40. The SMILES string of the molecule is C[Si](C)(C)[Si](C)(C)CCO. The number of hydrogen-bond donors (Lipinski definition) is 1. The van der Waals surface area contributed by atoms with Crippen LogP contribution in [0.5, 0.6) is 0 Å². The minimum atomic E-state index is -1.02. The fourth-order valence-electron chi connectivity index (χ4n) is 0.655. The summed E-state index contributed by atoms with van der Waals surface area (Å²) in [5.74, 6) is 0. The molecule has 1 nitrogen and oxygen atoms in total. The van der Waals surface area contributed by atoms with E-state index < -0.39 is 15.2 Å². The molecule has 0 saturated heterocycles. The van der Waals surface area contributed by atoms with Crippen LogP contribution < -0.4 is 0 Å². The molecule has 0 radical (unpaired) electrons. The lowest BCUT2D eigenvalue weighted by molar-refractivity contribution is 0.317. The molecule has 0 rings (SSSR count). The minimum absolute atomic E-state index is 0.392. The van der Waals surface area contributed by atoms with Crippen molar-refractivity contribution in [2.24, 2.45) is 0 Å². The molecule has 0 aliphatic rings. The van der Waals surface area contributed by atoms with E-state index in [1.165, 1.54) is 0 Å². The summed E-state index contributed by atoms with van der Waals surface area (Å²) in [5.41, 5.74) is 0. The first kappa shape index (κ1) is 10.4. The highest BCUT2D eigenvalue weighted by atomic mass is 29.3. The van der Waals surface area contributed by atoms with E-state index in [9.17, 15) is 0 Å². The number of aliphatic hydroxyl groups excluding tert-OH is 1. The van der Waals surface area contributed by atoms with Gasteiger partial charge in [0.1, 0.15) is 0 Å². The van der Waals surface area contributed by atoms with Crippen molar-refractivity contribution in [1.29, 1.82) is 0 Å². The fourth-order valence-corrected chi connectivity index (χ4v) is 4.55. The van der Waals surface area contributed by atoms with Crippen LogP contribution in [0.25, 0.3) is 0 Å². The van der Waals surface area contributed by atoms with E-state index in [-0.39, 0.29) is 0 Å². The van der Waals surface area contributed by atoms with Crippen LogP contribution in [-0.2, 0) is 0 Å². The summed E-state index contributed by atoms with van der Waals surface area (Å²) in [7, 11) is -1.94. The van der Waals surface area contributed by atoms with Crippen LogP contribution in [0, 0.1) is 0 Å². The Morgan fingerprint density at radius 3 is 1.50 bits per heavy atom. The maximum Gasteiger partial charge on any atom is 0.0433 e. The number of aliphatic hydroxyl groups is 1. The fraction of sp³-hybridized carbons (Fsp3) is 1.00. The van der Waals surface area contributed by atoms with Crippen molar-refractivity contribution in [3.05, 3.63) is 0 Å². The van der Waals surface area contributed by atoms with Crippen LogP contribution in [0.2, 0.25) is 38.8 Å². The molecule has 0 aliphatic heterocycles. The van der Waals surface area contributed by atoms with E-state index in [0.717, 1.165) is 6.04 Å². The maximum absolute atomic E-state index is 8.82. The lowest BCUT2D eigenvalue weighted by atomic mass is 10.9. The normalized spacial score (nSPS) is 13.8. The number of hydrogen-bond acceptors (Lipinski definition) is 1. The van der Waals surface area contributed by atoms with Crippen molar-refractivity contribution >= 4 is 15.2 Å². The van der Waals surface area contributed by atoms with Gasteiger partial charge in [0.25, 0.3) is 0 Å². The van der Waals surface area contributed by atoms with Gasteiger partial charge in [0.2, 0.25) is 0 Å². The third-order valence-corrected chi connectivity index (χ3v) is 21.2. The lowest BCUT2D eigenvalue weighted by Crippen LogP contribution is -2.52. The molecule has 10 heavy (non-hydrogen) atoms. The van der Waals surface area contributed by atoms with Gasteiger partial charge < -0.3 is 5.11 Å². The third-order valence-electron chi connectivity index (χ3n) is 2.77. The molecule has 0 heterocycles. The molecule has 0 spiro atoms. The minimum Gasteiger partial charge on any atom is -0.397 e. The van der Waals surface area contributed by atoms with Gasteiger partial charge in [-0.1, -0.05) is 32.7 Å². The van der Waals surface area contributed by atoms with E-state index in [0.29, 0.717) is 6.61 Å². The molecule has 0 atom stereocenters. The molecular weight excluding hydrogens is 156 g/mol.